The van der Waals surface area contributed by atoms with Crippen molar-refractivity contribution in [3.8, 4) is 0 Å². The van der Waals surface area contributed by atoms with E-state index in [1.165, 1.54) is 12.0 Å². The molecule has 0 atom stereocenters. The number of piperidine rings is 1. The molecule has 114 valence electrons. The molecule has 2 fully saturated rings. The Bertz CT molecular complexity index is 500. The fourth-order valence-corrected chi connectivity index (χ4v) is 4.03. The van der Waals surface area contributed by atoms with E-state index in [4.69, 9.17) is 0 Å². The van der Waals surface area contributed by atoms with Gasteiger partial charge in [-0.15, -0.1) is 0 Å². The topological polar surface area (TPSA) is 49.3 Å². The molecular formula is C18H25NO2. The lowest BCUT2D eigenvalue weighted by atomic mass is 9.69. The highest BCUT2D eigenvalue weighted by Gasteiger charge is 2.41. The molecule has 1 aromatic carbocycles. The monoisotopic (exact) mass is 287 g/mol. The molecule has 1 saturated heterocycles. The van der Waals surface area contributed by atoms with Gasteiger partial charge in [-0.05, 0) is 55.8 Å². The zero-order chi connectivity index (χ0) is 14.7. The lowest BCUT2D eigenvalue weighted by molar-refractivity contribution is -0.145. The minimum Gasteiger partial charge on any atom is -0.481 e. The van der Waals surface area contributed by atoms with E-state index in [0.717, 1.165) is 57.2 Å². The van der Waals surface area contributed by atoms with Crippen molar-refractivity contribution in [3.05, 3.63) is 35.4 Å². The van der Waals surface area contributed by atoms with Gasteiger partial charge in [-0.1, -0.05) is 43.5 Å². The summed E-state index contributed by atoms with van der Waals surface area (Å²) in [4.78, 5) is 12.0. The fraction of sp³-hybridized carbons (Fsp3) is 0.611. The smallest absolute Gasteiger partial charge is 0.314 e. The molecule has 0 bridgehead atoms. The maximum absolute atomic E-state index is 12.0. The van der Waals surface area contributed by atoms with Crippen LogP contribution in [0.25, 0.3) is 0 Å². The molecule has 0 radical (unpaired) electrons. The van der Waals surface area contributed by atoms with Gasteiger partial charge in [0.2, 0.25) is 0 Å². The summed E-state index contributed by atoms with van der Waals surface area (Å²) in [7, 11) is 0. The Morgan fingerprint density at radius 1 is 1.14 bits per heavy atom. The molecule has 3 nitrogen and oxygen atoms in total. The molecule has 1 heterocycles. The van der Waals surface area contributed by atoms with Gasteiger partial charge in [-0.3, -0.25) is 4.79 Å². The second kappa shape index (κ2) is 6.18. The van der Waals surface area contributed by atoms with Crippen LogP contribution in [0, 0.1) is 0 Å². The summed E-state index contributed by atoms with van der Waals surface area (Å²) in [5.41, 5.74) is 1.73. The van der Waals surface area contributed by atoms with Crippen LogP contribution in [0.1, 0.15) is 62.0 Å². The quantitative estimate of drug-likeness (QED) is 0.895. The summed E-state index contributed by atoms with van der Waals surface area (Å²) >= 11 is 0. The molecule has 1 aromatic rings. The lowest BCUT2D eigenvalue weighted by Gasteiger charge is -2.34. The van der Waals surface area contributed by atoms with Crippen molar-refractivity contribution < 1.29 is 9.90 Å². The van der Waals surface area contributed by atoms with E-state index in [1.807, 2.05) is 6.07 Å². The Morgan fingerprint density at radius 3 is 2.52 bits per heavy atom. The molecule has 1 aliphatic carbocycles. The van der Waals surface area contributed by atoms with Crippen molar-refractivity contribution in [1.82, 2.24) is 5.32 Å². The highest BCUT2D eigenvalue weighted by molar-refractivity contribution is 5.81. The molecule has 0 amide bonds. The van der Waals surface area contributed by atoms with Gasteiger partial charge in [0.1, 0.15) is 0 Å². The highest BCUT2D eigenvalue weighted by atomic mass is 16.4. The summed E-state index contributed by atoms with van der Waals surface area (Å²) in [6.07, 6.45) is 7.12. The third kappa shape index (κ3) is 2.84. The number of carbonyl (C=O) groups is 1. The van der Waals surface area contributed by atoms with E-state index >= 15 is 0 Å². The van der Waals surface area contributed by atoms with Gasteiger partial charge in [0, 0.05) is 0 Å². The molecule has 2 N–H and O–H groups in total. The Kier molecular flexibility index (Phi) is 4.29. The predicted molar refractivity (Wildman–Crippen MR) is 83.7 cm³/mol. The minimum atomic E-state index is -0.638. The van der Waals surface area contributed by atoms with Crippen molar-refractivity contribution in [1.29, 1.82) is 0 Å². The third-order valence-electron chi connectivity index (χ3n) is 5.37. The Labute approximate surface area is 126 Å². The first kappa shape index (κ1) is 14.6. The second-order valence-corrected chi connectivity index (χ2v) is 6.60. The third-order valence-corrected chi connectivity index (χ3v) is 5.37. The van der Waals surface area contributed by atoms with Crippen molar-refractivity contribution in [2.75, 3.05) is 13.1 Å². The second-order valence-electron chi connectivity index (χ2n) is 6.60. The molecule has 0 unspecified atom stereocenters. The number of aliphatic carboxylic acids is 1. The SMILES string of the molecule is O=C(O)C1(c2cccc(C3CCNCC3)c2)CCCCC1. The van der Waals surface area contributed by atoms with Crippen LogP contribution in [0.4, 0.5) is 0 Å². The summed E-state index contributed by atoms with van der Waals surface area (Å²) in [6.45, 7) is 2.14. The van der Waals surface area contributed by atoms with E-state index < -0.39 is 11.4 Å². The van der Waals surface area contributed by atoms with Gasteiger partial charge >= 0.3 is 5.97 Å². The first-order valence-corrected chi connectivity index (χ1v) is 8.27. The summed E-state index contributed by atoms with van der Waals surface area (Å²) in [6, 6.07) is 8.46. The van der Waals surface area contributed by atoms with Gasteiger partial charge in [0.15, 0.2) is 0 Å². The predicted octanol–water partition coefficient (Wildman–Crippen LogP) is 3.44. The van der Waals surface area contributed by atoms with E-state index in [9.17, 15) is 9.90 Å². The van der Waals surface area contributed by atoms with Crippen LogP contribution in [0.2, 0.25) is 0 Å². The molecule has 0 aromatic heterocycles. The van der Waals surface area contributed by atoms with Crippen LogP contribution in [0.5, 0.6) is 0 Å². The largest absolute Gasteiger partial charge is 0.481 e. The number of hydrogen-bond acceptors (Lipinski definition) is 2. The number of carboxylic acids is 1. The van der Waals surface area contributed by atoms with Gasteiger partial charge in [0.05, 0.1) is 5.41 Å². The van der Waals surface area contributed by atoms with Crippen LogP contribution in [0.15, 0.2) is 24.3 Å². The van der Waals surface area contributed by atoms with Crippen LogP contribution in [0.3, 0.4) is 0 Å². The number of benzene rings is 1. The van der Waals surface area contributed by atoms with Crippen LogP contribution in [-0.2, 0) is 10.2 Å². The maximum atomic E-state index is 12.0. The Balaban J connectivity index is 1.91. The summed E-state index contributed by atoms with van der Waals surface area (Å²) in [5.74, 6) is -0.0507. The average molecular weight is 287 g/mol. The molecule has 3 rings (SSSR count). The van der Waals surface area contributed by atoms with Crippen molar-refractivity contribution in [2.45, 2.75) is 56.3 Å². The summed E-state index contributed by atoms with van der Waals surface area (Å²) in [5, 5.41) is 13.2. The minimum absolute atomic E-state index is 0.584. The molecule has 1 aliphatic heterocycles. The van der Waals surface area contributed by atoms with Gasteiger partial charge in [0.25, 0.3) is 0 Å². The zero-order valence-electron chi connectivity index (χ0n) is 12.6. The Hall–Kier alpha value is -1.35. The highest BCUT2D eigenvalue weighted by Crippen LogP contribution is 2.41. The van der Waals surface area contributed by atoms with E-state index in [2.05, 4.69) is 23.5 Å². The molecule has 3 heteroatoms. The molecule has 1 saturated carbocycles. The lowest BCUT2D eigenvalue weighted by Crippen LogP contribution is -2.38. The number of hydrogen-bond donors (Lipinski definition) is 2. The molecule has 0 spiro atoms. The maximum Gasteiger partial charge on any atom is 0.314 e. The number of carboxylic acid groups (broad SMARTS) is 1. The van der Waals surface area contributed by atoms with Gasteiger partial charge in [-0.2, -0.15) is 0 Å². The molecular weight excluding hydrogens is 262 g/mol. The first-order chi connectivity index (χ1) is 10.2. The van der Waals surface area contributed by atoms with Crippen LogP contribution < -0.4 is 5.32 Å². The Morgan fingerprint density at radius 2 is 1.86 bits per heavy atom. The first-order valence-electron chi connectivity index (χ1n) is 8.27. The molecule has 2 aliphatic rings. The normalized spacial score (nSPS) is 22.9. The van der Waals surface area contributed by atoms with Gasteiger partial charge in [-0.25, -0.2) is 0 Å². The number of nitrogens with one attached hydrogen (secondary N) is 1. The van der Waals surface area contributed by atoms with E-state index in [-0.39, 0.29) is 0 Å². The van der Waals surface area contributed by atoms with Crippen LogP contribution >= 0.6 is 0 Å². The van der Waals surface area contributed by atoms with E-state index in [0.29, 0.717) is 5.92 Å². The molecule has 21 heavy (non-hydrogen) atoms. The van der Waals surface area contributed by atoms with Crippen molar-refractivity contribution in [3.63, 3.8) is 0 Å². The average Bonchev–Trinajstić information content (AvgIpc) is 2.56. The van der Waals surface area contributed by atoms with Crippen molar-refractivity contribution in [2.24, 2.45) is 0 Å². The fourth-order valence-electron chi connectivity index (χ4n) is 4.03. The van der Waals surface area contributed by atoms with Crippen LogP contribution in [-0.4, -0.2) is 24.2 Å². The standard InChI is InChI=1S/C18H25NO2/c20-17(21)18(9-2-1-3-10-18)16-6-4-5-15(13-16)14-7-11-19-12-8-14/h4-6,13-14,19H,1-3,7-12H2,(H,20,21). The summed E-state index contributed by atoms with van der Waals surface area (Å²) < 4.78 is 0. The zero-order valence-corrected chi connectivity index (χ0v) is 12.6. The van der Waals surface area contributed by atoms with Gasteiger partial charge < -0.3 is 10.4 Å². The van der Waals surface area contributed by atoms with E-state index in [1.54, 1.807) is 0 Å². The van der Waals surface area contributed by atoms with Crippen molar-refractivity contribution >= 4 is 5.97 Å². The number of rotatable bonds is 3.